The molecule has 0 saturated carbocycles. The Kier molecular flexibility index (Phi) is 5.25. The van der Waals surface area contributed by atoms with Crippen molar-refractivity contribution in [3.05, 3.63) is 48.0 Å². The molecule has 0 aliphatic heterocycles. The number of phenols is 1. The molecule has 0 spiro atoms. The Bertz CT molecular complexity index is 1000. The van der Waals surface area contributed by atoms with Gasteiger partial charge in [0, 0.05) is 11.3 Å². The monoisotopic (exact) mass is 399 g/mol. The maximum Gasteiger partial charge on any atom is 0.339 e. The average Bonchev–Trinajstić information content (AvgIpc) is 2.47. The Hall–Kier alpha value is -2.26. The second kappa shape index (κ2) is 6.81. The van der Waals surface area contributed by atoms with Crippen molar-refractivity contribution < 1.29 is 26.1 Å². The summed E-state index contributed by atoms with van der Waals surface area (Å²) in [5.41, 5.74) is 0.399. The molecule has 2 aromatic rings. The Morgan fingerprint density at radius 3 is 2.04 bits per heavy atom. The van der Waals surface area contributed by atoms with E-state index in [2.05, 4.69) is 4.72 Å². The lowest BCUT2D eigenvalue weighted by Crippen LogP contribution is -2.14. The first-order valence-electron chi connectivity index (χ1n) is 7.64. The number of benzene rings is 2. The minimum Gasteiger partial charge on any atom is -0.508 e. The van der Waals surface area contributed by atoms with E-state index in [1.165, 1.54) is 42.5 Å². The lowest BCUT2D eigenvalue weighted by Gasteiger charge is -2.21. The summed E-state index contributed by atoms with van der Waals surface area (Å²) in [5, 5.41) is 9.95. The first-order valence-corrected chi connectivity index (χ1v) is 10.9. The second-order valence-corrected chi connectivity index (χ2v) is 10.2. The molecule has 0 aromatic heterocycles. The van der Waals surface area contributed by atoms with E-state index in [0.29, 0.717) is 5.56 Å². The topological polar surface area (TPSA) is 110 Å². The highest BCUT2D eigenvalue weighted by Gasteiger charge is 2.22. The largest absolute Gasteiger partial charge is 0.508 e. The van der Waals surface area contributed by atoms with Gasteiger partial charge < -0.3 is 9.29 Å². The number of rotatable bonds is 5. The fourth-order valence-electron chi connectivity index (χ4n) is 2.25. The summed E-state index contributed by atoms with van der Waals surface area (Å²) in [7, 11) is -7.56. The van der Waals surface area contributed by atoms with Crippen molar-refractivity contribution in [2.75, 3.05) is 11.0 Å². The van der Waals surface area contributed by atoms with Crippen LogP contribution in [0.15, 0.2) is 47.4 Å². The van der Waals surface area contributed by atoms with Crippen LogP contribution in [0, 0.1) is 0 Å². The summed E-state index contributed by atoms with van der Waals surface area (Å²) in [6.07, 6.45) is 0.998. The van der Waals surface area contributed by atoms with Gasteiger partial charge in [0.05, 0.1) is 6.26 Å². The predicted molar refractivity (Wildman–Crippen MR) is 99.5 cm³/mol. The molecule has 0 aliphatic carbocycles. The van der Waals surface area contributed by atoms with Crippen molar-refractivity contribution in [2.24, 2.45) is 0 Å². The van der Waals surface area contributed by atoms with Gasteiger partial charge in [-0.3, -0.25) is 4.72 Å². The zero-order valence-corrected chi connectivity index (χ0v) is 16.5. The van der Waals surface area contributed by atoms with E-state index in [9.17, 15) is 21.9 Å². The first kappa shape index (κ1) is 20.1. The van der Waals surface area contributed by atoms with Gasteiger partial charge >= 0.3 is 10.1 Å². The Morgan fingerprint density at radius 2 is 1.54 bits per heavy atom. The van der Waals surface area contributed by atoms with Gasteiger partial charge in [-0.25, -0.2) is 8.42 Å². The number of hydrogen-bond acceptors (Lipinski definition) is 6. The van der Waals surface area contributed by atoms with Crippen LogP contribution in [0.2, 0.25) is 0 Å². The normalized spacial score (nSPS) is 12.6. The lowest BCUT2D eigenvalue weighted by molar-refractivity contribution is 0.441. The van der Waals surface area contributed by atoms with E-state index in [1.54, 1.807) is 0 Å². The average molecular weight is 399 g/mol. The molecule has 0 radical (unpaired) electrons. The molecule has 0 amide bonds. The minimum absolute atomic E-state index is 0.0541. The van der Waals surface area contributed by atoms with Crippen LogP contribution in [0.25, 0.3) is 0 Å². The van der Waals surface area contributed by atoms with Gasteiger partial charge in [0.25, 0.3) is 0 Å². The fraction of sp³-hybridized carbons (Fsp3) is 0.294. The molecule has 0 saturated heterocycles. The SMILES string of the molecule is CC(C)(C)c1cc(OS(=O)(=O)c2ccc(NS(C)(=O)=O)cc2)ccc1O. The smallest absolute Gasteiger partial charge is 0.339 e. The van der Waals surface area contributed by atoms with E-state index in [4.69, 9.17) is 4.18 Å². The molecular formula is C17H21NO6S2. The first-order chi connectivity index (χ1) is 11.8. The molecule has 0 bridgehead atoms. The predicted octanol–water partition coefficient (Wildman–Crippen LogP) is 2.83. The molecule has 0 aliphatic rings. The van der Waals surface area contributed by atoms with Crippen LogP contribution >= 0.6 is 0 Å². The number of phenolic OH excluding ortho intramolecular Hbond substituents is 1. The van der Waals surface area contributed by atoms with Crippen molar-refractivity contribution in [1.29, 1.82) is 0 Å². The summed E-state index contributed by atoms with van der Waals surface area (Å²) in [5.74, 6) is 0.129. The van der Waals surface area contributed by atoms with Crippen LogP contribution in [0.1, 0.15) is 26.3 Å². The zero-order chi connectivity index (χ0) is 19.8. The highest BCUT2D eigenvalue weighted by atomic mass is 32.2. The molecule has 0 heterocycles. The maximum absolute atomic E-state index is 12.4. The summed E-state index contributed by atoms with van der Waals surface area (Å²) in [6, 6.07) is 9.37. The van der Waals surface area contributed by atoms with Crippen molar-refractivity contribution in [3.8, 4) is 11.5 Å². The minimum atomic E-state index is -4.11. The van der Waals surface area contributed by atoms with Crippen LogP contribution in [-0.4, -0.2) is 28.2 Å². The molecule has 2 aromatic carbocycles. The summed E-state index contributed by atoms with van der Waals surface area (Å²) in [4.78, 5) is -0.123. The fourth-order valence-corrected chi connectivity index (χ4v) is 3.73. The number of nitrogens with one attached hydrogen (secondary N) is 1. The van der Waals surface area contributed by atoms with E-state index < -0.39 is 25.6 Å². The summed E-state index contributed by atoms with van der Waals surface area (Å²) in [6.45, 7) is 5.65. The molecule has 0 fully saturated rings. The molecule has 0 unspecified atom stereocenters. The van der Waals surface area contributed by atoms with E-state index in [-0.39, 0.29) is 22.1 Å². The molecule has 0 atom stereocenters. The number of aromatic hydroxyl groups is 1. The van der Waals surface area contributed by atoms with Gasteiger partial charge in [-0.15, -0.1) is 0 Å². The van der Waals surface area contributed by atoms with Gasteiger partial charge in [0.15, 0.2) is 0 Å². The molecule has 2 rings (SSSR count). The second-order valence-electron chi connectivity index (χ2n) is 6.87. The third-order valence-corrected chi connectivity index (χ3v) is 5.30. The third-order valence-electron chi connectivity index (χ3n) is 3.43. The van der Waals surface area contributed by atoms with Gasteiger partial charge in [-0.05, 0) is 47.9 Å². The van der Waals surface area contributed by atoms with Crippen LogP contribution in [0.5, 0.6) is 11.5 Å². The van der Waals surface area contributed by atoms with Crippen molar-refractivity contribution in [1.82, 2.24) is 0 Å². The van der Waals surface area contributed by atoms with Gasteiger partial charge in [0.2, 0.25) is 10.0 Å². The van der Waals surface area contributed by atoms with Gasteiger partial charge in [-0.2, -0.15) is 8.42 Å². The van der Waals surface area contributed by atoms with Crippen LogP contribution in [-0.2, 0) is 25.6 Å². The molecule has 9 heteroatoms. The van der Waals surface area contributed by atoms with E-state index in [1.807, 2.05) is 20.8 Å². The zero-order valence-electron chi connectivity index (χ0n) is 14.8. The van der Waals surface area contributed by atoms with Crippen molar-refractivity contribution in [3.63, 3.8) is 0 Å². The maximum atomic E-state index is 12.4. The number of hydrogen-bond donors (Lipinski definition) is 2. The van der Waals surface area contributed by atoms with E-state index >= 15 is 0 Å². The Balaban J connectivity index is 2.29. The third kappa shape index (κ3) is 5.12. The Morgan fingerprint density at radius 1 is 0.962 bits per heavy atom. The van der Waals surface area contributed by atoms with E-state index in [0.717, 1.165) is 6.26 Å². The molecule has 7 nitrogen and oxygen atoms in total. The van der Waals surface area contributed by atoms with Crippen LogP contribution < -0.4 is 8.91 Å². The molecule has 2 N–H and O–H groups in total. The summed E-state index contributed by atoms with van der Waals surface area (Å²) >= 11 is 0. The van der Waals surface area contributed by atoms with Crippen molar-refractivity contribution >= 4 is 25.8 Å². The van der Waals surface area contributed by atoms with Crippen LogP contribution in [0.3, 0.4) is 0 Å². The highest BCUT2D eigenvalue weighted by molar-refractivity contribution is 7.92. The number of sulfonamides is 1. The molecule has 142 valence electrons. The van der Waals surface area contributed by atoms with Crippen molar-refractivity contribution in [2.45, 2.75) is 31.1 Å². The van der Waals surface area contributed by atoms with Crippen LogP contribution in [0.4, 0.5) is 5.69 Å². The molecular weight excluding hydrogens is 378 g/mol. The Labute approximate surface area is 153 Å². The van der Waals surface area contributed by atoms with Gasteiger partial charge in [-0.1, -0.05) is 20.8 Å². The lowest BCUT2D eigenvalue weighted by atomic mass is 9.86. The molecule has 26 heavy (non-hydrogen) atoms. The quantitative estimate of drug-likeness (QED) is 0.748. The van der Waals surface area contributed by atoms with Gasteiger partial charge in [0.1, 0.15) is 16.4 Å². The highest BCUT2D eigenvalue weighted by Crippen LogP contribution is 2.34. The summed E-state index contributed by atoms with van der Waals surface area (Å²) < 4.78 is 54.6. The standard InChI is InChI=1S/C17H21NO6S2/c1-17(2,3)15-11-13(7-10-16(15)19)24-26(22,23)14-8-5-12(6-9-14)18-25(4,20)21/h5-11,18-19H,1-4H3. The number of anilines is 1.